The average Bonchev–Trinajstić information content (AvgIpc) is 2.28. The number of rotatable bonds is 4. The molecule has 0 saturated heterocycles. The molecule has 0 bridgehead atoms. The zero-order chi connectivity index (χ0) is 15.3. The van der Waals surface area contributed by atoms with E-state index in [9.17, 15) is 4.79 Å². The summed E-state index contributed by atoms with van der Waals surface area (Å²) in [5, 5.41) is 3.46. The van der Waals surface area contributed by atoms with Crippen LogP contribution in [0.25, 0.3) is 0 Å². The number of hydrogen-bond donors (Lipinski definition) is 2. The van der Waals surface area contributed by atoms with Gasteiger partial charge in [-0.25, -0.2) is 9.78 Å². The molecule has 0 fully saturated rings. The van der Waals surface area contributed by atoms with Crippen LogP contribution in [0.1, 0.15) is 26.3 Å². The second kappa shape index (κ2) is 7.11. The number of carbonyl (C=O) groups excluding carboxylic acids is 1. The highest BCUT2D eigenvalue weighted by atomic mass is 35.5. The third-order valence-electron chi connectivity index (χ3n) is 2.29. The molecule has 1 atom stereocenters. The summed E-state index contributed by atoms with van der Waals surface area (Å²) in [6.45, 7) is 5.68. The normalized spacial score (nSPS) is 12.9. The van der Waals surface area contributed by atoms with E-state index in [-0.39, 0.29) is 12.6 Å². The zero-order valence-corrected chi connectivity index (χ0v) is 13.3. The first-order valence-electron chi connectivity index (χ1n) is 6.20. The highest BCUT2D eigenvalue weighted by Crippen LogP contribution is 2.19. The standard InChI is InChI=1S/C13H19Cl2N3O2/c1-13(2,3)20-12(19)18-7-9(16)4-8-6-17-11(15)5-10(8)14/h5-6,9H,4,7,16H2,1-3H3,(H,18,19). The third-order valence-corrected chi connectivity index (χ3v) is 2.84. The number of hydrogen-bond acceptors (Lipinski definition) is 4. The van der Waals surface area contributed by atoms with Gasteiger partial charge in [0.05, 0.1) is 0 Å². The first-order chi connectivity index (χ1) is 9.17. The molecule has 0 radical (unpaired) electrons. The molecule has 0 aliphatic carbocycles. The molecule has 1 unspecified atom stereocenters. The molecule has 1 amide bonds. The van der Waals surface area contributed by atoms with Gasteiger partial charge in [0.15, 0.2) is 0 Å². The van der Waals surface area contributed by atoms with Crippen molar-refractivity contribution in [1.29, 1.82) is 0 Å². The molecule has 0 aliphatic heterocycles. The molecule has 1 aromatic heterocycles. The van der Waals surface area contributed by atoms with Crippen LogP contribution in [0.3, 0.4) is 0 Å². The van der Waals surface area contributed by atoms with Crippen molar-refractivity contribution in [3.05, 3.63) is 28.0 Å². The molecular weight excluding hydrogens is 301 g/mol. The lowest BCUT2D eigenvalue weighted by atomic mass is 10.1. The van der Waals surface area contributed by atoms with Gasteiger partial charge in [0.2, 0.25) is 0 Å². The largest absolute Gasteiger partial charge is 0.444 e. The monoisotopic (exact) mass is 319 g/mol. The van der Waals surface area contributed by atoms with Gasteiger partial charge in [-0.2, -0.15) is 0 Å². The fourth-order valence-corrected chi connectivity index (χ4v) is 1.91. The Morgan fingerprint density at radius 1 is 1.50 bits per heavy atom. The van der Waals surface area contributed by atoms with E-state index in [1.807, 2.05) is 0 Å². The number of ether oxygens (including phenoxy) is 1. The predicted octanol–water partition coefficient (Wildman–Crippen LogP) is 2.78. The first kappa shape index (κ1) is 17.0. The quantitative estimate of drug-likeness (QED) is 0.836. The summed E-state index contributed by atoms with van der Waals surface area (Å²) in [6, 6.07) is 1.27. The van der Waals surface area contributed by atoms with Crippen LogP contribution in [0.4, 0.5) is 4.79 Å². The maximum Gasteiger partial charge on any atom is 0.407 e. The number of nitrogens with zero attached hydrogens (tertiary/aromatic N) is 1. The molecule has 3 N–H and O–H groups in total. The van der Waals surface area contributed by atoms with E-state index in [1.165, 1.54) is 0 Å². The van der Waals surface area contributed by atoms with E-state index in [0.29, 0.717) is 16.6 Å². The second-order valence-electron chi connectivity index (χ2n) is 5.45. The Kier molecular flexibility index (Phi) is 6.05. The molecule has 1 heterocycles. The summed E-state index contributed by atoms with van der Waals surface area (Å²) in [4.78, 5) is 15.4. The van der Waals surface area contributed by atoms with Gasteiger partial charge < -0.3 is 15.8 Å². The molecule has 112 valence electrons. The molecule has 0 aromatic carbocycles. The van der Waals surface area contributed by atoms with Crippen LogP contribution < -0.4 is 11.1 Å². The van der Waals surface area contributed by atoms with Gasteiger partial charge in [0.25, 0.3) is 0 Å². The van der Waals surface area contributed by atoms with Crippen LogP contribution in [0.5, 0.6) is 0 Å². The molecule has 7 heteroatoms. The van der Waals surface area contributed by atoms with Gasteiger partial charge in [-0.3, -0.25) is 0 Å². The van der Waals surface area contributed by atoms with Crippen molar-refractivity contribution in [3.8, 4) is 0 Å². The number of aromatic nitrogens is 1. The molecule has 5 nitrogen and oxygen atoms in total. The third kappa shape index (κ3) is 6.41. The van der Waals surface area contributed by atoms with Crippen molar-refractivity contribution < 1.29 is 9.53 Å². The first-order valence-corrected chi connectivity index (χ1v) is 6.95. The molecule has 0 saturated carbocycles. The van der Waals surface area contributed by atoms with Crippen LogP contribution >= 0.6 is 23.2 Å². The Labute approximate surface area is 128 Å². The van der Waals surface area contributed by atoms with E-state index >= 15 is 0 Å². The second-order valence-corrected chi connectivity index (χ2v) is 6.24. The van der Waals surface area contributed by atoms with E-state index in [1.54, 1.807) is 33.0 Å². The van der Waals surface area contributed by atoms with E-state index in [2.05, 4.69) is 10.3 Å². The van der Waals surface area contributed by atoms with Crippen LogP contribution in [0.2, 0.25) is 10.2 Å². The molecule has 0 spiro atoms. The van der Waals surface area contributed by atoms with Gasteiger partial charge in [-0.05, 0) is 38.8 Å². The van der Waals surface area contributed by atoms with Gasteiger partial charge >= 0.3 is 6.09 Å². The van der Waals surface area contributed by atoms with Crippen LogP contribution in [0, 0.1) is 0 Å². The summed E-state index contributed by atoms with van der Waals surface area (Å²) in [7, 11) is 0. The minimum atomic E-state index is -0.530. The summed E-state index contributed by atoms with van der Waals surface area (Å²) >= 11 is 11.7. The fourth-order valence-electron chi connectivity index (χ4n) is 1.47. The molecule has 1 rings (SSSR count). The highest BCUT2D eigenvalue weighted by Gasteiger charge is 2.17. The highest BCUT2D eigenvalue weighted by molar-refractivity contribution is 6.34. The Hall–Kier alpha value is -1.04. The van der Waals surface area contributed by atoms with E-state index in [0.717, 1.165) is 5.56 Å². The van der Waals surface area contributed by atoms with Crippen molar-refractivity contribution in [2.75, 3.05) is 6.54 Å². The average molecular weight is 320 g/mol. The van der Waals surface area contributed by atoms with Crippen molar-refractivity contribution in [2.45, 2.75) is 38.8 Å². The number of nitrogens with two attached hydrogens (primary N) is 1. The minimum absolute atomic E-state index is 0.286. The summed E-state index contributed by atoms with van der Waals surface area (Å²) < 4.78 is 5.12. The van der Waals surface area contributed by atoms with E-state index < -0.39 is 11.7 Å². The summed E-state index contributed by atoms with van der Waals surface area (Å²) in [6.07, 6.45) is 1.57. The lowest BCUT2D eigenvalue weighted by molar-refractivity contribution is 0.0524. The number of amides is 1. The number of carbonyl (C=O) groups is 1. The summed E-state index contributed by atoms with van der Waals surface area (Å²) in [5.41, 5.74) is 6.19. The van der Waals surface area contributed by atoms with Gasteiger partial charge in [-0.1, -0.05) is 23.2 Å². The number of nitrogens with one attached hydrogen (secondary N) is 1. The molecule has 1 aromatic rings. The van der Waals surface area contributed by atoms with Crippen molar-refractivity contribution >= 4 is 29.3 Å². The van der Waals surface area contributed by atoms with Crippen LogP contribution in [0.15, 0.2) is 12.3 Å². The van der Waals surface area contributed by atoms with Crippen molar-refractivity contribution in [2.24, 2.45) is 5.73 Å². The van der Waals surface area contributed by atoms with Crippen molar-refractivity contribution in [3.63, 3.8) is 0 Å². The minimum Gasteiger partial charge on any atom is -0.444 e. The van der Waals surface area contributed by atoms with Gasteiger partial charge in [0, 0.05) is 23.8 Å². The molecular formula is C13H19Cl2N3O2. The Balaban J connectivity index is 2.44. The zero-order valence-electron chi connectivity index (χ0n) is 11.7. The van der Waals surface area contributed by atoms with Gasteiger partial charge in [0.1, 0.15) is 10.8 Å². The van der Waals surface area contributed by atoms with Gasteiger partial charge in [-0.15, -0.1) is 0 Å². The van der Waals surface area contributed by atoms with Crippen LogP contribution in [-0.4, -0.2) is 29.3 Å². The predicted molar refractivity (Wildman–Crippen MR) is 80.2 cm³/mol. The Bertz CT molecular complexity index is 475. The fraction of sp³-hybridized carbons (Fsp3) is 0.538. The SMILES string of the molecule is CC(C)(C)OC(=O)NCC(N)Cc1cnc(Cl)cc1Cl. The Morgan fingerprint density at radius 3 is 2.70 bits per heavy atom. The summed E-state index contributed by atoms with van der Waals surface area (Å²) in [5.74, 6) is 0. The molecule has 0 aliphatic rings. The van der Waals surface area contributed by atoms with Crippen molar-refractivity contribution in [1.82, 2.24) is 10.3 Å². The lowest BCUT2D eigenvalue weighted by Crippen LogP contribution is -2.41. The number of pyridine rings is 1. The maximum absolute atomic E-state index is 11.5. The Morgan fingerprint density at radius 2 is 2.15 bits per heavy atom. The topological polar surface area (TPSA) is 77.2 Å². The number of alkyl carbamates (subject to hydrolysis) is 1. The smallest absolute Gasteiger partial charge is 0.407 e. The molecule has 20 heavy (non-hydrogen) atoms. The number of halogens is 2. The van der Waals surface area contributed by atoms with Crippen LogP contribution in [-0.2, 0) is 11.2 Å². The lowest BCUT2D eigenvalue weighted by Gasteiger charge is -2.20. The van der Waals surface area contributed by atoms with E-state index in [4.69, 9.17) is 33.7 Å². The maximum atomic E-state index is 11.5.